The molecule has 2 aliphatic heterocycles. The summed E-state index contributed by atoms with van der Waals surface area (Å²) < 4.78 is 0. The van der Waals surface area contributed by atoms with Crippen LogP contribution in [0.15, 0.2) is 30.5 Å². The minimum absolute atomic E-state index is 0.0380. The number of carboxylic acid groups (broad SMARTS) is 1. The number of aromatic nitrogens is 5. The largest absolute Gasteiger partial charge is 0.480 e. The van der Waals surface area contributed by atoms with Crippen LogP contribution < -0.4 is 9.80 Å². The van der Waals surface area contributed by atoms with Crippen molar-refractivity contribution >= 4 is 39.7 Å². The average molecular weight is 502 g/mol. The monoisotopic (exact) mass is 501 g/mol. The van der Waals surface area contributed by atoms with E-state index in [9.17, 15) is 4.79 Å². The van der Waals surface area contributed by atoms with Crippen LogP contribution in [0.2, 0.25) is 5.02 Å². The second kappa shape index (κ2) is 8.20. The average Bonchev–Trinajstić information content (AvgIpc) is 3.54. The summed E-state index contributed by atoms with van der Waals surface area (Å²) in [6.45, 7) is 10.6. The van der Waals surface area contributed by atoms with Crippen LogP contribution in [0.3, 0.4) is 0 Å². The van der Waals surface area contributed by atoms with Crippen molar-refractivity contribution in [1.82, 2.24) is 25.2 Å². The molecule has 1 aromatic carbocycles. The van der Waals surface area contributed by atoms with Gasteiger partial charge in [0, 0.05) is 23.8 Å². The third-order valence-corrected chi connectivity index (χ3v) is 8.75. The van der Waals surface area contributed by atoms with Crippen molar-refractivity contribution in [2.24, 2.45) is 11.8 Å². The Labute approximate surface area is 207 Å². The number of rotatable bonds is 7. The first-order valence-electron chi connectivity index (χ1n) is 11.4. The lowest BCUT2D eigenvalue weighted by Crippen LogP contribution is -2.62. The number of piperazine rings is 1. The first kappa shape index (κ1) is 23.0. The summed E-state index contributed by atoms with van der Waals surface area (Å²) in [6, 6.07) is 8.17. The molecule has 34 heavy (non-hydrogen) atoms. The standard InChI is InChI=1S/C23H28ClN7O2S/c1-14(2)22-11-23(15(3)4,12-29(22)17-7-5-6-16(24)8-17)30(13-22)21-25-9-18(34-21)20-26-28-31(27-20)10-19(32)33/h5-9,14-15H,10-13H2,1-4H3,(H,32,33). The van der Waals surface area contributed by atoms with E-state index in [1.54, 1.807) is 6.20 Å². The molecule has 0 aliphatic carbocycles. The van der Waals surface area contributed by atoms with Gasteiger partial charge < -0.3 is 14.9 Å². The van der Waals surface area contributed by atoms with E-state index in [1.165, 1.54) is 17.0 Å². The predicted octanol–water partition coefficient (Wildman–Crippen LogP) is 4.05. The van der Waals surface area contributed by atoms with Gasteiger partial charge in [-0.15, -0.1) is 10.2 Å². The first-order chi connectivity index (χ1) is 16.1. The molecule has 2 atom stereocenters. The maximum Gasteiger partial charge on any atom is 0.327 e. The Bertz CT molecular complexity index is 1230. The fourth-order valence-electron chi connectivity index (χ4n) is 5.54. The number of nitrogens with zero attached hydrogens (tertiary/aromatic N) is 7. The van der Waals surface area contributed by atoms with Crippen molar-refractivity contribution in [2.75, 3.05) is 22.9 Å². The number of thiazole rings is 1. The highest BCUT2D eigenvalue weighted by Gasteiger charge is 2.65. The zero-order chi connectivity index (χ0) is 24.3. The normalized spacial score (nSPS) is 24.1. The number of fused-ring (bicyclic) bond motifs is 2. The van der Waals surface area contributed by atoms with Crippen LogP contribution in [-0.2, 0) is 11.3 Å². The zero-order valence-electron chi connectivity index (χ0n) is 19.6. The SMILES string of the molecule is CC(C)C12CN(c3ncc(-c4nnn(CC(=O)O)n4)s3)C(C(C)C)(CN1c1cccc(Cl)c1)C2. The highest BCUT2D eigenvalue weighted by Crippen LogP contribution is 2.57. The molecule has 2 aromatic heterocycles. The van der Waals surface area contributed by atoms with E-state index in [0.29, 0.717) is 17.7 Å². The lowest BCUT2D eigenvalue weighted by molar-refractivity contribution is -0.138. The van der Waals surface area contributed by atoms with Crippen LogP contribution in [0.1, 0.15) is 34.1 Å². The van der Waals surface area contributed by atoms with E-state index in [0.717, 1.165) is 39.3 Å². The number of aliphatic carboxylic acids is 1. The second-order valence-corrected chi connectivity index (χ2v) is 11.3. The summed E-state index contributed by atoms with van der Waals surface area (Å²) in [7, 11) is 0. The molecule has 0 radical (unpaired) electrons. The molecule has 0 amide bonds. The summed E-state index contributed by atoms with van der Waals surface area (Å²) >= 11 is 7.90. The summed E-state index contributed by atoms with van der Waals surface area (Å²) in [5.41, 5.74) is 1.06. The predicted molar refractivity (Wildman–Crippen MR) is 132 cm³/mol. The number of anilines is 2. The molecule has 1 N–H and O–H groups in total. The third kappa shape index (κ3) is 3.54. The second-order valence-electron chi connectivity index (χ2n) is 9.89. The maximum atomic E-state index is 10.9. The zero-order valence-corrected chi connectivity index (χ0v) is 21.2. The van der Waals surface area contributed by atoms with Gasteiger partial charge in [0.05, 0.1) is 22.2 Å². The van der Waals surface area contributed by atoms with E-state index in [-0.39, 0.29) is 17.6 Å². The van der Waals surface area contributed by atoms with Crippen LogP contribution in [0, 0.1) is 11.8 Å². The summed E-state index contributed by atoms with van der Waals surface area (Å²) in [4.78, 5) is 22.6. The minimum Gasteiger partial charge on any atom is -0.480 e. The Morgan fingerprint density at radius 3 is 2.56 bits per heavy atom. The molecule has 2 bridgehead atoms. The van der Waals surface area contributed by atoms with Crippen molar-refractivity contribution in [2.45, 2.75) is 51.7 Å². The van der Waals surface area contributed by atoms with Gasteiger partial charge in [-0.05, 0) is 41.7 Å². The third-order valence-electron chi connectivity index (χ3n) is 7.49. The van der Waals surface area contributed by atoms with Crippen LogP contribution in [-0.4, -0.2) is 60.4 Å². The Balaban J connectivity index is 1.50. The number of carboxylic acids is 1. The summed E-state index contributed by atoms with van der Waals surface area (Å²) in [6.07, 6.45) is 2.81. The molecular formula is C23H28ClN7O2S. The van der Waals surface area contributed by atoms with Gasteiger partial charge in [-0.25, -0.2) is 4.98 Å². The number of hydrogen-bond acceptors (Lipinski definition) is 8. The molecule has 11 heteroatoms. The van der Waals surface area contributed by atoms with Gasteiger partial charge in [-0.1, -0.05) is 56.7 Å². The van der Waals surface area contributed by atoms with Gasteiger partial charge in [0.15, 0.2) is 11.7 Å². The Morgan fingerprint density at radius 1 is 1.18 bits per heavy atom. The molecule has 4 heterocycles. The molecule has 2 fully saturated rings. The smallest absolute Gasteiger partial charge is 0.327 e. The Morgan fingerprint density at radius 2 is 1.88 bits per heavy atom. The summed E-state index contributed by atoms with van der Waals surface area (Å²) in [5.74, 6) is 0.213. The minimum atomic E-state index is -1.01. The molecule has 180 valence electrons. The van der Waals surface area contributed by atoms with Crippen molar-refractivity contribution in [3.63, 3.8) is 0 Å². The van der Waals surface area contributed by atoms with Gasteiger partial charge in [-0.3, -0.25) is 4.79 Å². The lowest BCUT2D eigenvalue weighted by atomic mass is 9.80. The molecule has 0 saturated carbocycles. The number of carbonyl (C=O) groups is 1. The van der Waals surface area contributed by atoms with Crippen LogP contribution >= 0.6 is 22.9 Å². The molecule has 3 aromatic rings. The molecule has 0 spiro atoms. The number of hydrogen-bond donors (Lipinski definition) is 1. The molecule has 9 nitrogen and oxygen atoms in total. The van der Waals surface area contributed by atoms with E-state index in [4.69, 9.17) is 21.7 Å². The number of tetrazole rings is 1. The first-order valence-corrected chi connectivity index (χ1v) is 12.6. The van der Waals surface area contributed by atoms with Gasteiger partial charge in [0.1, 0.15) is 0 Å². The maximum absolute atomic E-state index is 10.9. The van der Waals surface area contributed by atoms with Crippen LogP contribution in [0.25, 0.3) is 10.7 Å². The molecular weight excluding hydrogens is 474 g/mol. The van der Waals surface area contributed by atoms with E-state index in [1.807, 2.05) is 12.1 Å². The Kier molecular flexibility index (Phi) is 5.55. The van der Waals surface area contributed by atoms with Crippen molar-refractivity contribution in [3.05, 3.63) is 35.5 Å². The van der Waals surface area contributed by atoms with Crippen molar-refractivity contribution in [3.8, 4) is 10.7 Å². The van der Waals surface area contributed by atoms with E-state index < -0.39 is 5.97 Å². The Hall–Kier alpha value is -2.72. The topological polar surface area (TPSA) is 100 Å². The number of benzene rings is 1. The van der Waals surface area contributed by atoms with Crippen LogP contribution in [0.5, 0.6) is 0 Å². The molecule has 2 aliphatic rings. The van der Waals surface area contributed by atoms with Gasteiger partial charge in [-0.2, -0.15) is 4.80 Å². The molecule has 2 saturated heterocycles. The van der Waals surface area contributed by atoms with Crippen molar-refractivity contribution in [1.29, 1.82) is 0 Å². The quantitative estimate of drug-likeness (QED) is 0.517. The highest BCUT2D eigenvalue weighted by atomic mass is 35.5. The molecule has 2 unspecified atom stereocenters. The highest BCUT2D eigenvalue weighted by molar-refractivity contribution is 7.18. The number of halogens is 1. The van der Waals surface area contributed by atoms with Gasteiger partial charge in [0.25, 0.3) is 0 Å². The van der Waals surface area contributed by atoms with E-state index >= 15 is 0 Å². The summed E-state index contributed by atoms with van der Waals surface area (Å²) in [5, 5.41) is 22.7. The lowest BCUT2D eigenvalue weighted by Gasteiger charge is -2.49. The fourth-order valence-corrected chi connectivity index (χ4v) is 6.66. The van der Waals surface area contributed by atoms with E-state index in [2.05, 4.69) is 65.0 Å². The van der Waals surface area contributed by atoms with Gasteiger partial charge >= 0.3 is 5.97 Å². The fraction of sp³-hybridized carbons (Fsp3) is 0.522. The molecule has 5 rings (SSSR count). The van der Waals surface area contributed by atoms with Gasteiger partial charge in [0.2, 0.25) is 5.82 Å². The van der Waals surface area contributed by atoms with Crippen molar-refractivity contribution < 1.29 is 9.90 Å². The van der Waals surface area contributed by atoms with Crippen LogP contribution in [0.4, 0.5) is 10.8 Å².